The average Bonchev–Trinajstić information content (AvgIpc) is 3.72. The Morgan fingerprint density at radius 1 is 0.610 bits per heavy atom. The second kappa shape index (κ2) is 18.9. The van der Waals surface area contributed by atoms with Crippen LogP contribution in [-0.4, -0.2) is 10.2 Å². The Morgan fingerprint density at radius 2 is 0.951 bits per heavy atom. The minimum atomic E-state index is -2.29. The molecule has 4 rings (SSSR count). The van der Waals surface area contributed by atoms with Crippen LogP contribution in [0.25, 0.3) is 6.08 Å². The Bertz CT molecular complexity index is 1060. The zero-order chi connectivity index (χ0) is 30.4. The molecule has 222 valence electrons. The van der Waals surface area contributed by atoms with Crippen LogP contribution in [-0.2, 0) is 25.8 Å². The number of allylic oxidation sites excluding steroid dienone is 1. The molecular formula is C28H22F10HfO2-2. The van der Waals surface area contributed by atoms with Crippen molar-refractivity contribution >= 4 is 6.08 Å². The van der Waals surface area contributed by atoms with E-state index in [4.69, 9.17) is 10.2 Å². The second-order valence-corrected chi connectivity index (χ2v) is 7.56. The number of hydrogen-bond acceptors (Lipinski definition) is 2. The van der Waals surface area contributed by atoms with Crippen molar-refractivity contribution in [3.63, 3.8) is 0 Å². The van der Waals surface area contributed by atoms with Crippen molar-refractivity contribution in [2.45, 2.75) is 26.2 Å². The molecule has 0 saturated heterocycles. The number of aromatic hydroxyl groups is 2. The molecule has 0 bridgehead atoms. The summed E-state index contributed by atoms with van der Waals surface area (Å²) >= 11 is 0. The van der Waals surface area contributed by atoms with Gasteiger partial charge in [-0.25, -0.2) is 38.5 Å². The molecule has 0 heterocycles. The summed E-state index contributed by atoms with van der Waals surface area (Å²) in [6, 6.07) is 18.4. The van der Waals surface area contributed by atoms with E-state index in [1.807, 2.05) is 30.3 Å². The van der Waals surface area contributed by atoms with Gasteiger partial charge in [0.25, 0.3) is 0 Å². The van der Waals surface area contributed by atoms with Gasteiger partial charge in [0.2, 0.25) is 58.2 Å². The van der Waals surface area contributed by atoms with Crippen molar-refractivity contribution in [3.05, 3.63) is 124 Å². The van der Waals surface area contributed by atoms with Gasteiger partial charge in [0.1, 0.15) is 0 Å². The molecule has 41 heavy (non-hydrogen) atoms. The number of phenols is 2. The van der Waals surface area contributed by atoms with Crippen molar-refractivity contribution in [2.75, 3.05) is 0 Å². The number of phenolic OH excluding ortho intramolecular Hbond substituents is 2. The molecule has 4 aromatic rings. The van der Waals surface area contributed by atoms with E-state index in [1.165, 1.54) is 24.8 Å². The predicted molar refractivity (Wildman–Crippen MR) is 128 cm³/mol. The Balaban J connectivity index is 0.000000533. The molecule has 0 aliphatic rings. The normalized spacial score (nSPS) is 10.0. The first-order chi connectivity index (χ1) is 18.9. The molecule has 0 atom stereocenters. The maximum atomic E-state index is 12.2. The van der Waals surface area contributed by atoms with Crippen LogP contribution >= 0.6 is 0 Å². The van der Waals surface area contributed by atoms with Gasteiger partial charge in [-0.2, -0.15) is 54.0 Å². The van der Waals surface area contributed by atoms with Gasteiger partial charge in [0.05, 0.1) is 0 Å². The summed E-state index contributed by atoms with van der Waals surface area (Å²) in [7, 11) is 0. The van der Waals surface area contributed by atoms with E-state index in [9.17, 15) is 43.9 Å². The molecule has 0 aliphatic carbocycles. The number of hydrogen-bond donors (Lipinski definition) is 2. The molecule has 0 unspecified atom stereocenters. The van der Waals surface area contributed by atoms with Crippen molar-refractivity contribution in [2.24, 2.45) is 0 Å². The van der Waals surface area contributed by atoms with E-state index in [0.29, 0.717) is 0 Å². The summed E-state index contributed by atoms with van der Waals surface area (Å²) in [5.74, 6) is -25.9. The molecule has 0 aliphatic heterocycles. The molecule has 0 amide bonds. The summed E-state index contributed by atoms with van der Waals surface area (Å²) in [4.78, 5) is 0. The van der Waals surface area contributed by atoms with Crippen molar-refractivity contribution < 1.29 is 80.0 Å². The molecule has 0 fully saturated rings. The molecule has 4 aromatic carbocycles. The minimum absolute atomic E-state index is 0. The van der Waals surface area contributed by atoms with Crippen molar-refractivity contribution in [1.82, 2.24) is 0 Å². The SMILES string of the molecule is CCCCC=C[c-]1cccc1.Oc1c(F)c(F)c(F)c(F)c1F.Oc1c(F)c(F)c(F)c(F)c1F.[Hf].c1cc[cH-]c1. The van der Waals surface area contributed by atoms with E-state index < -0.39 is 69.7 Å². The second-order valence-electron chi connectivity index (χ2n) is 7.56. The van der Waals surface area contributed by atoms with Crippen LogP contribution < -0.4 is 0 Å². The predicted octanol–water partition coefficient (Wildman–Crippen LogP) is 9.19. The van der Waals surface area contributed by atoms with Crippen LogP contribution in [0.1, 0.15) is 31.7 Å². The van der Waals surface area contributed by atoms with Gasteiger partial charge in [-0.3, -0.25) is 0 Å². The summed E-state index contributed by atoms with van der Waals surface area (Å²) < 4.78 is 121. The average molecular weight is 759 g/mol. The zero-order valence-electron chi connectivity index (χ0n) is 21.1. The van der Waals surface area contributed by atoms with E-state index in [-0.39, 0.29) is 25.8 Å². The van der Waals surface area contributed by atoms with Crippen molar-refractivity contribution in [3.8, 4) is 11.5 Å². The van der Waals surface area contributed by atoms with Gasteiger partial charge < -0.3 is 10.2 Å². The number of benzene rings is 2. The Hall–Kier alpha value is -3.35. The third kappa shape index (κ3) is 11.2. The van der Waals surface area contributed by atoms with Gasteiger partial charge in [0.15, 0.2) is 11.5 Å². The maximum Gasteiger partial charge on any atom is 0.206 e. The number of unbranched alkanes of at least 4 members (excludes halogenated alkanes) is 2. The molecule has 13 heteroatoms. The summed E-state index contributed by atoms with van der Waals surface area (Å²) in [5, 5.41) is 16.6. The van der Waals surface area contributed by atoms with Gasteiger partial charge in [-0.15, -0.1) is 23.8 Å². The number of rotatable bonds is 4. The Kier molecular flexibility index (Phi) is 17.4. The number of halogens is 10. The van der Waals surface area contributed by atoms with Crippen LogP contribution in [0.15, 0.2) is 60.7 Å². The summed E-state index contributed by atoms with van der Waals surface area (Å²) in [5.41, 5.74) is 1.32. The van der Waals surface area contributed by atoms with E-state index in [2.05, 4.69) is 43.3 Å². The maximum absolute atomic E-state index is 12.2. The standard InChI is InChI=1S/C11H15.2C6HF5O.C5H5.Hf/c1-2-3-4-5-8-11-9-6-7-10-11;2*7-1-2(8)4(10)6(12)5(11)3(1)9;1-2-4-5-3-1;/h5-10H,2-4H2,1H3;2*12H;1-5H;/q-1;;;-1;. The fourth-order valence-corrected chi connectivity index (χ4v) is 2.55. The summed E-state index contributed by atoms with van der Waals surface area (Å²) in [6.45, 7) is 2.22. The van der Waals surface area contributed by atoms with E-state index >= 15 is 0 Å². The van der Waals surface area contributed by atoms with Gasteiger partial charge in [-0.1, -0.05) is 26.2 Å². The minimum Gasteiger partial charge on any atom is -0.503 e. The molecule has 2 N–H and O–H groups in total. The van der Waals surface area contributed by atoms with Crippen LogP contribution in [0.4, 0.5) is 43.9 Å². The fourth-order valence-electron chi connectivity index (χ4n) is 2.55. The molecule has 0 saturated carbocycles. The molecule has 0 aromatic heterocycles. The molecular weight excluding hydrogens is 737 g/mol. The quantitative estimate of drug-likeness (QED) is 0.0545. The summed E-state index contributed by atoms with van der Waals surface area (Å²) in [6.07, 6.45) is 8.23. The fraction of sp³-hybridized carbons (Fsp3) is 0.143. The zero-order valence-corrected chi connectivity index (χ0v) is 24.7. The van der Waals surface area contributed by atoms with E-state index in [1.54, 1.807) is 0 Å². The third-order valence-electron chi connectivity index (χ3n) is 4.65. The smallest absolute Gasteiger partial charge is 0.206 e. The van der Waals surface area contributed by atoms with E-state index in [0.717, 1.165) is 0 Å². The first-order valence-electron chi connectivity index (χ1n) is 11.3. The van der Waals surface area contributed by atoms with Crippen molar-refractivity contribution in [1.29, 1.82) is 0 Å². The monoisotopic (exact) mass is 760 g/mol. The Morgan fingerprint density at radius 3 is 1.24 bits per heavy atom. The molecule has 0 spiro atoms. The largest absolute Gasteiger partial charge is 0.503 e. The van der Waals surface area contributed by atoms with Crippen LogP contribution in [0.5, 0.6) is 11.5 Å². The van der Waals surface area contributed by atoms with Crippen LogP contribution in [0, 0.1) is 58.2 Å². The third-order valence-corrected chi connectivity index (χ3v) is 4.65. The molecule has 0 radical (unpaired) electrons. The van der Waals surface area contributed by atoms with Crippen LogP contribution in [0.2, 0.25) is 0 Å². The van der Waals surface area contributed by atoms with Gasteiger partial charge in [0, 0.05) is 25.8 Å². The van der Waals surface area contributed by atoms with Gasteiger partial charge >= 0.3 is 0 Å². The van der Waals surface area contributed by atoms with Gasteiger partial charge in [-0.05, 0) is 0 Å². The molecule has 2 nitrogen and oxygen atoms in total. The first kappa shape index (κ1) is 37.7. The van der Waals surface area contributed by atoms with Crippen LogP contribution in [0.3, 0.4) is 0 Å². The Labute approximate surface area is 247 Å². The topological polar surface area (TPSA) is 40.5 Å². The first-order valence-corrected chi connectivity index (χ1v) is 11.3.